The molecule has 1 fully saturated rings. The first-order valence-electron chi connectivity index (χ1n) is 8.84. The van der Waals surface area contributed by atoms with Gasteiger partial charge >= 0.3 is 6.09 Å². The van der Waals surface area contributed by atoms with E-state index in [-0.39, 0.29) is 18.2 Å². The van der Waals surface area contributed by atoms with Gasteiger partial charge in [0.1, 0.15) is 11.7 Å². The standard InChI is InChI=1S/C22H17N3O2/c26-22-25(18-11-13-24-14-12-23-19(24)15-18)20(16-7-3-1-4-8-16)21(27-22)17-9-5-2-6-10-17/h1-15,20-21H/t20-,21+/m0/s1. The number of amides is 1. The highest BCUT2D eigenvalue weighted by Crippen LogP contribution is 2.45. The lowest BCUT2D eigenvalue weighted by atomic mass is 9.95. The average molecular weight is 355 g/mol. The molecular weight excluding hydrogens is 338 g/mol. The fourth-order valence-corrected chi connectivity index (χ4v) is 3.66. The van der Waals surface area contributed by atoms with Gasteiger partial charge in [-0.3, -0.25) is 4.90 Å². The van der Waals surface area contributed by atoms with E-state index in [4.69, 9.17) is 4.74 Å². The second-order valence-corrected chi connectivity index (χ2v) is 6.52. The molecule has 1 amide bonds. The molecule has 4 aromatic rings. The van der Waals surface area contributed by atoms with Gasteiger partial charge in [0, 0.05) is 24.7 Å². The number of fused-ring (bicyclic) bond motifs is 1. The van der Waals surface area contributed by atoms with E-state index in [0.717, 1.165) is 22.5 Å². The second-order valence-electron chi connectivity index (χ2n) is 6.52. The van der Waals surface area contributed by atoms with Crippen LogP contribution in [-0.4, -0.2) is 15.5 Å². The monoisotopic (exact) mass is 355 g/mol. The van der Waals surface area contributed by atoms with Crippen molar-refractivity contribution in [3.05, 3.63) is 103 Å². The molecule has 27 heavy (non-hydrogen) atoms. The van der Waals surface area contributed by atoms with Gasteiger partial charge in [0.15, 0.2) is 6.10 Å². The molecule has 0 aliphatic carbocycles. The zero-order valence-corrected chi connectivity index (χ0v) is 14.5. The number of hydrogen-bond acceptors (Lipinski definition) is 3. The summed E-state index contributed by atoms with van der Waals surface area (Å²) in [7, 11) is 0. The van der Waals surface area contributed by atoms with Gasteiger partial charge in [-0.2, -0.15) is 0 Å². The van der Waals surface area contributed by atoms with Crippen LogP contribution < -0.4 is 4.90 Å². The van der Waals surface area contributed by atoms with Gasteiger partial charge in [-0.1, -0.05) is 60.7 Å². The van der Waals surface area contributed by atoms with Crippen molar-refractivity contribution >= 4 is 17.4 Å². The summed E-state index contributed by atoms with van der Waals surface area (Å²) in [6.07, 6.45) is 4.79. The molecule has 5 rings (SSSR count). The van der Waals surface area contributed by atoms with Crippen LogP contribution in [0, 0.1) is 0 Å². The molecule has 0 saturated carbocycles. The van der Waals surface area contributed by atoms with Crippen molar-refractivity contribution in [3.8, 4) is 0 Å². The highest BCUT2D eigenvalue weighted by atomic mass is 16.6. The molecule has 2 atom stereocenters. The Kier molecular flexibility index (Phi) is 3.64. The third kappa shape index (κ3) is 2.64. The van der Waals surface area contributed by atoms with Gasteiger partial charge in [-0.25, -0.2) is 9.78 Å². The lowest BCUT2D eigenvalue weighted by Crippen LogP contribution is -2.27. The Morgan fingerprint density at radius 3 is 2.30 bits per heavy atom. The lowest BCUT2D eigenvalue weighted by Gasteiger charge is -2.25. The fraction of sp³-hybridized carbons (Fsp3) is 0.0909. The van der Waals surface area contributed by atoms with Gasteiger partial charge in [-0.05, 0) is 17.2 Å². The highest BCUT2D eigenvalue weighted by Gasteiger charge is 2.44. The van der Waals surface area contributed by atoms with E-state index >= 15 is 0 Å². The maximum Gasteiger partial charge on any atom is 0.415 e. The van der Waals surface area contributed by atoms with Crippen LogP contribution in [0.4, 0.5) is 10.5 Å². The molecule has 5 nitrogen and oxygen atoms in total. The zero-order chi connectivity index (χ0) is 18.2. The first-order chi connectivity index (χ1) is 13.3. The van der Waals surface area contributed by atoms with Gasteiger partial charge in [0.25, 0.3) is 0 Å². The maximum atomic E-state index is 12.9. The van der Waals surface area contributed by atoms with Gasteiger partial charge in [0.2, 0.25) is 0 Å². The van der Waals surface area contributed by atoms with E-state index in [2.05, 4.69) is 4.98 Å². The van der Waals surface area contributed by atoms with Crippen LogP contribution in [0.25, 0.3) is 5.65 Å². The average Bonchev–Trinajstić information content (AvgIpc) is 3.32. The van der Waals surface area contributed by atoms with Crippen LogP contribution in [0.15, 0.2) is 91.4 Å². The largest absolute Gasteiger partial charge is 0.438 e. The number of anilines is 1. The van der Waals surface area contributed by atoms with Crippen molar-refractivity contribution in [1.29, 1.82) is 0 Å². The number of carbonyl (C=O) groups is 1. The molecule has 5 heteroatoms. The molecule has 0 N–H and O–H groups in total. The minimum atomic E-state index is -0.378. The topological polar surface area (TPSA) is 46.8 Å². The molecule has 1 saturated heterocycles. The van der Waals surface area contributed by atoms with Crippen molar-refractivity contribution in [2.24, 2.45) is 0 Å². The van der Waals surface area contributed by atoms with Gasteiger partial charge in [-0.15, -0.1) is 0 Å². The molecule has 132 valence electrons. The molecule has 0 radical (unpaired) electrons. The fourth-order valence-electron chi connectivity index (χ4n) is 3.66. The van der Waals surface area contributed by atoms with E-state index in [0.29, 0.717) is 0 Å². The number of hydrogen-bond donors (Lipinski definition) is 0. The number of carbonyl (C=O) groups excluding carboxylic acids is 1. The quantitative estimate of drug-likeness (QED) is 0.532. The van der Waals surface area contributed by atoms with Crippen LogP contribution in [0.3, 0.4) is 0 Å². The summed E-state index contributed by atoms with van der Waals surface area (Å²) in [5, 5.41) is 0. The van der Waals surface area contributed by atoms with Crippen LogP contribution in [-0.2, 0) is 4.74 Å². The van der Waals surface area contributed by atoms with Crippen molar-refractivity contribution in [2.75, 3.05) is 4.90 Å². The highest BCUT2D eigenvalue weighted by molar-refractivity contribution is 5.91. The maximum absolute atomic E-state index is 12.9. The third-order valence-electron chi connectivity index (χ3n) is 4.92. The Labute approximate surface area is 156 Å². The minimum Gasteiger partial charge on any atom is -0.438 e. The number of nitrogens with zero attached hydrogens (tertiary/aromatic N) is 3. The van der Waals surface area contributed by atoms with Crippen LogP contribution >= 0.6 is 0 Å². The first kappa shape index (κ1) is 15.6. The summed E-state index contributed by atoms with van der Waals surface area (Å²) in [5.74, 6) is 0. The smallest absolute Gasteiger partial charge is 0.415 e. The molecule has 3 heterocycles. The predicted molar refractivity (Wildman–Crippen MR) is 103 cm³/mol. The predicted octanol–water partition coefficient (Wildman–Crippen LogP) is 4.77. The lowest BCUT2D eigenvalue weighted by molar-refractivity contribution is 0.132. The number of rotatable bonds is 3. The summed E-state index contributed by atoms with van der Waals surface area (Å²) in [6, 6.07) is 23.4. The molecule has 2 aromatic carbocycles. The zero-order valence-electron chi connectivity index (χ0n) is 14.5. The Morgan fingerprint density at radius 2 is 1.56 bits per heavy atom. The molecule has 1 aliphatic heterocycles. The molecular formula is C22H17N3O2. The SMILES string of the molecule is O=C1O[C@H](c2ccccc2)[C@H](c2ccccc2)N1c1ccn2ccnc2c1. The summed E-state index contributed by atoms with van der Waals surface area (Å²) >= 11 is 0. The van der Waals surface area contributed by atoms with Crippen LogP contribution in [0.2, 0.25) is 0 Å². The van der Waals surface area contributed by atoms with Crippen molar-refractivity contribution < 1.29 is 9.53 Å². The van der Waals surface area contributed by atoms with Crippen LogP contribution in [0.5, 0.6) is 0 Å². The molecule has 0 unspecified atom stereocenters. The summed E-state index contributed by atoms with van der Waals surface area (Å²) in [6.45, 7) is 0. The number of pyridine rings is 1. The number of aromatic nitrogens is 2. The van der Waals surface area contributed by atoms with Crippen LogP contribution in [0.1, 0.15) is 23.3 Å². The molecule has 0 bridgehead atoms. The first-order valence-corrected chi connectivity index (χ1v) is 8.84. The third-order valence-corrected chi connectivity index (χ3v) is 4.92. The van der Waals surface area contributed by atoms with E-state index < -0.39 is 0 Å². The number of benzene rings is 2. The summed E-state index contributed by atoms with van der Waals surface area (Å²) in [4.78, 5) is 19.0. The van der Waals surface area contributed by atoms with Crippen molar-refractivity contribution in [3.63, 3.8) is 0 Å². The van der Waals surface area contributed by atoms with E-state index in [9.17, 15) is 4.79 Å². The minimum absolute atomic E-state index is 0.251. The summed E-state index contributed by atoms with van der Waals surface area (Å²) < 4.78 is 7.75. The Balaban J connectivity index is 1.65. The number of cyclic esters (lactones) is 1. The second kappa shape index (κ2) is 6.29. The van der Waals surface area contributed by atoms with Crippen molar-refractivity contribution in [1.82, 2.24) is 9.38 Å². The molecule has 2 aromatic heterocycles. The number of imidazole rings is 1. The van der Waals surface area contributed by atoms with Crippen molar-refractivity contribution in [2.45, 2.75) is 12.1 Å². The Hall–Kier alpha value is -3.60. The summed E-state index contributed by atoms with van der Waals surface area (Å²) in [5.41, 5.74) is 3.56. The number of ether oxygens (including phenoxy) is 1. The Bertz CT molecular complexity index is 1090. The Morgan fingerprint density at radius 1 is 0.852 bits per heavy atom. The van der Waals surface area contributed by atoms with E-state index in [1.54, 1.807) is 11.1 Å². The van der Waals surface area contributed by atoms with E-state index in [1.807, 2.05) is 89.6 Å². The molecule has 0 spiro atoms. The van der Waals surface area contributed by atoms with E-state index in [1.165, 1.54) is 0 Å². The normalized spacial score (nSPS) is 19.4. The van der Waals surface area contributed by atoms with Gasteiger partial charge < -0.3 is 9.14 Å². The van der Waals surface area contributed by atoms with Gasteiger partial charge in [0.05, 0.1) is 5.69 Å². The molecule has 1 aliphatic rings.